The standard InChI is InChI=1S/C19H23N5OS/c1-3-4-7-16-8-10-17(11-9-16)20-18(25)14-23-19(26)24(15(2)21-23)22-12-5-6-13-22/h5-6,8-13H,3-4,7,14H2,1-2H3,(H,20,25). The Morgan fingerprint density at radius 1 is 1.19 bits per heavy atom. The normalized spacial score (nSPS) is 10.8. The molecule has 0 unspecified atom stereocenters. The van der Waals surface area contributed by atoms with Gasteiger partial charge in [-0.25, -0.2) is 9.36 Å². The van der Waals surface area contributed by atoms with E-state index in [9.17, 15) is 4.79 Å². The molecule has 136 valence electrons. The van der Waals surface area contributed by atoms with Crippen LogP contribution in [0.5, 0.6) is 0 Å². The molecule has 0 saturated carbocycles. The summed E-state index contributed by atoms with van der Waals surface area (Å²) in [5, 5.41) is 7.29. The van der Waals surface area contributed by atoms with E-state index >= 15 is 0 Å². The summed E-state index contributed by atoms with van der Waals surface area (Å²) in [4.78, 5) is 12.4. The van der Waals surface area contributed by atoms with Gasteiger partial charge in [-0.05, 0) is 61.8 Å². The largest absolute Gasteiger partial charge is 0.324 e. The maximum Gasteiger partial charge on any atom is 0.246 e. The Kier molecular flexibility index (Phi) is 5.68. The predicted molar refractivity (Wildman–Crippen MR) is 105 cm³/mol. The number of hydrogen-bond donors (Lipinski definition) is 1. The molecule has 0 radical (unpaired) electrons. The molecule has 0 atom stereocenters. The lowest BCUT2D eigenvalue weighted by molar-refractivity contribution is -0.116. The minimum Gasteiger partial charge on any atom is -0.324 e. The zero-order chi connectivity index (χ0) is 18.5. The molecule has 0 fully saturated rings. The van der Waals surface area contributed by atoms with Gasteiger partial charge in [0.25, 0.3) is 0 Å². The number of aryl methyl sites for hydroxylation is 2. The average molecular weight is 369 g/mol. The van der Waals surface area contributed by atoms with Gasteiger partial charge in [-0.15, -0.1) is 0 Å². The summed E-state index contributed by atoms with van der Waals surface area (Å²) in [6.45, 7) is 4.11. The van der Waals surface area contributed by atoms with Gasteiger partial charge in [-0.2, -0.15) is 5.10 Å². The van der Waals surface area contributed by atoms with Crippen molar-refractivity contribution in [1.82, 2.24) is 19.1 Å². The van der Waals surface area contributed by atoms with Gasteiger partial charge < -0.3 is 5.32 Å². The summed E-state index contributed by atoms with van der Waals surface area (Å²) in [5.41, 5.74) is 2.07. The number of rotatable bonds is 7. The first kappa shape index (κ1) is 18.1. The fourth-order valence-electron chi connectivity index (χ4n) is 2.81. The lowest BCUT2D eigenvalue weighted by Gasteiger charge is -2.07. The molecular weight excluding hydrogens is 346 g/mol. The lowest BCUT2D eigenvalue weighted by Crippen LogP contribution is -2.20. The Morgan fingerprint density at radius 2 is 1.88 bits per heavy atom. The number of hydrogen-bond acceptors (Lipinski definition) is 3. The van der Waals surface area contributed by atoms with Crippen LogP contribution in [0.3, 0.4) is 0 Å². The molecule has 3 aromatic rings. The first-order chi connectivity index (χ1) is 12.6. The van der Waals surface area contributed by atoms with E-state index in [1.54, 1.807) is 4.68 Å². The number of aromatic nitrogens is 4. The van der Waals surface area contributed by atoms with Crippen LogP contribution >= 0.6 is 12.2 Å². The Labute approximate surface area is 158 Å². The topological polar surface area (TPSA) is 56.8 Å². The summed E-state index contributed by atoms with van der Waals surface area (Å²) < 4.78 is 5.64. The second-order valence-corrected chi connectivity index (χ2v) is 6.58. The van der Waals surface area contributed by atoms with E-state index in [2.05, 4.69) is 29.5 Å². The number of amides is 1. The van der Waals surface area contributed by atoms with Crippen LogP contribution in [-0.2, 0) is 17.8 Å². The zero-order valence-corrected chi connectivity index (χ0v) is 15.9. The second kappa shape index (κ2) is 8.14. The molecule has 1 amide bonds. The van der Waals surface area contributed by atoms with Gasteiger partial charge in [0, 0.05) is 18.1 Å². The summed E-state index contributed by atoms with van der Waals surface area (Å²) >= 11 is 5.46. The molecule has 2 aromatic heterocycles. The summed E-state index contributed by atoms with van der Waals surface area (Å²) in [6.07, 6.45) is 7.18. The molecule has 0 aliphatic rings. The molecule has 26 heavy (non-hydrogen) atoms. The Balaban J connectivity index is 1.67. The number of carbonyl (C=O) groups excluding carboxylic acids is 1. The van der Waals surface area contributed by atoms with Crippen molar-refractivity contribution in [3.63, 3.8) is 0 Å². The van der Waals surface area contributed by atoms with Gasteiger partial charge in [0.05, 0.1) is 0 Å². The molecule has 1 aromatic carbocycles. The van der Waals surface area contributed by atoms with Gasteiger partial charge in [0.1, 0.15) is 12.4 Å². The average Bonchev–Trinajstić information content (AvgIpc) is 3.23. The summed E-state index contributed by atoms with van der Waals surface area (Å²) in [5.74, 6) is 0.568. The Hall–Kier alpha value is -2.67. The van der Waals surface area contributed by atoms with Gasteiger partial charge in [-0.1, -0.05) is 25.5 Å². The third-order valence-corrected chi connectivity index (χ3v) is 4.53. The van der Waals surface area contributed by atoms with Crippen LogP contribution in [0.15, 0.2) is 48.8 Å². The third-order valence-electron chi connectivity index (χ3n) is 4.14. The highest BCUT2D eigenvalue weighted by Crippen LogP contribution is 2.12. The van der Waals surface area contributed by atoms with Gasteiger partial charge in [0.2, 0.25) is 10.7 Å². The lowest BCUT2D eigenvalue weighted by atomic mass is 10.1. The highest BCUT2D eigenvalue weighted by Gasteiger charge is 2.11. The fourth-order valence-corrected chi connectivity index (χ4v) is 3.14. The molecule has 3 rings (SSSR count). The van der Waals surface area contributed by atoms with E-state index in [1.807, 2.05) is 48.3 Å². The number of anilines is 1. The molecule has 0 bridgehead atoms. The quantitative estimate of drug-likeness (QED) is 0.644. The van der Waals surface area contributed by atoms with Crippen molar-refractivity contribution < 1.29 is 4.79 Å². The molecule has 0 aliphatic carbocycles. The van der Waals surface area contributed by atoms with Crippen molar-refractivity contribution in [2.45, 2.75) is 39.7 Å². The van der Waals surface area contributed by atoms with Crippen molar-refractivity contribution in [2.75, 3.05) is 5.32 Å². The third kappa shape index (κ3) is 4.11. The van der Waals surface area contributed by atoms with Crippen molar-refractivity contribution in [3.05, 3.63) is 65.0 Å². The van der Waals surface area contributed by atoms with E-state index in [0.29, 0.717) is 4.77 Å². The smallest absolute Gasteiger partial charge is 0.246 e. The van der Waals surface area contributed by atoms with Crippen molar-refractivity contribution in [2.24, 2.45) is 0 Å². The number of carbonyl (C=O) groups is 1. The van der Waals surface area contributed by atoms with Crippen LogP contribution in [0.4, 0.5) is 5.69 Å². The fraction of sp³-hybridized carbons (Fsp3) is 0.316. The maximum atomic E-state index is 12.4. The minimum atomic E-state index is -0.153. The summed E-state index contributed by atoms with van der Waals surface area (Å²) in [6, 6.07) is 11.8. The van der Waals surface area contributed by atoms with Crippen LogP contribution in [-0.4, -0.2) is 25.0 Å². The first-order valence-corrected chi connectivity index (χ1v) is 9.18. The van der Waals surface area contributed by atoms with Gasteiger partial charge in [-0.3, -0.25) is 9.47 Å². The minimum absolute atomic E-state index is 0.0749. The number of benzene rings is 1. The Bertz CT molecular complexity index is 922. The predicted octanol–water partition coefficient (Wildman–Crippen LogP) is 3.82. The SMILES string of the molecule is CCCCc1ccc(NC(=O)Cn2nc(C)n(-n3cccc3)c2=S)cc1. The molecule has 6 nitrogen and oxygen atoms in total. The zero-order valence-electron chi connectivity index (χ0n) is 15.1. The molecule has 0 aliphatic heterocycles. The van der Waals surface area contributed by atoms with Crippen LogP contribution in [0.25, 0.3) is 0 Å². The molecule has 7 heteroatoms. The Morgan fingerprint density at radius 3 is 2.54 bits per heavy atom. The van der Waals surface area contributed by atoms with Crippen molar-refractivity contribution >= 4 is 23.8 Å². The number of nitrogens with one attached hydrogen (secondary N) is 1. The summed E-state index contributed by atoms with van der Waals surface area (Å²) in [7, 11) is 0. The van der Waals surface area contributed by atoms with Gasteiger partial charge >= 0.3 is 0 Å². The number of nitrogens with zero attached hydrogens (tertiary/aromatic N) is 4. The van der Waals surface area contributed by atoms with Crippen molar-refractivity contribution in [1.29, 1.82) is 0 Å². The van der Waals surface area contributed by atoms with E-state index in [-0.39, 0.29) is 12.5 Å². The molecule has 0 spiro atoms. The molecule has 0 saturated heterocycles. The van der Waals surface area contributed by atoms with E-state index in [0.717, 1.165) is 17.9 Å². The van der Waals surface area contributed by atoms with Crippen LogP contribution in [0.1, 0.15) is 31.2 Å². The van der Waals surface area contributed by atoms with E-state index in [4.69, 9.17) is 12.2 Å². The van der Waals surface area contributed by atoms with Crippen LogP contribution < -0.4 is 5.32 Å². The highest BCUT2D eigenvalue weighted by molar-refractivity contribution is 7.71. The van der Waals surface area contributed by atoms with Gasteiger partial charge in [0.15, 0.2) is 0 Å². The monoisotopic (exact) mass is 369 g/mol. The molecule has 1 N–H and O–H groups in total. The second-order valence-electron chi connectivity index (χ2n) is 6.21. The maximum absolute atomic E-state index is 12.4. The molecular formula is C19H23N5OS. The van der Waals surface area contributed by atoms with Crippen LogP contribution in [0.2, 0.25) is 0 Å². The first-order valence-electron chi connectivity index (χ1n) is 8.77. The van der Waals surface area contributed by atoms with Crippen LogP contribution in [0, 0.1) is 11.7 Å². The van der Waals surface area contributed by atoms with E-state index < -0.39 is 0 Å². The van der Waals surface area contributed by atoms with E-state index in [1.165, 1.54) is 23.1 Å². The highest BCUT2D eigenvalue weighted by atomic mass is 32.1. The molecule has 2 heterocycles. The van der Waals surface area contributed by atoms with Crippen molar-refractivity contribution in [3.8, 4) is 0 Å². The number of unbranched alkanes of at least 4 members (excludes halogenated alkanes) is 1.